The highest BCUT2D eigenvalue weighted by molar-refractivity contribution is 5.87. The molecule has 6 heteroatoms. The molecule has 0 amide bonds. The van der Waals surface area contributed by atoms with Crippen LogP contribution < -0.4 is 9.47 Å². The number of carbonyl (C=O) groups excluding carboxylic acids is 2. The summed E-state index contributed by atoms with van der Waals surface area (Å²) in [6.07, 6.45) is 2.35. The highest BCUT2D eigenvalue weighted by Gasteiger charge is 2.35. The fraction of sp³-hybridized carbons (Fsp3) is 0.391. The van der Waals surface area contributed by atoms with Crippen LogP contribution in [-0.2, 0) is 22.4 Å². The first kappa shape index (κ1) is 21.3. The molecule has 2 aromatic rings. The van der Waals surface area contributed by atoms with Crippen molar-refractivity contribution in [1.82, 2.24) is 4.90 Å². The van der Waals surface area contributed by atoms with Gasteiger partial charge in [-0.3, -0.25) is 14.5 Å². The minimum atomic E-state index is -0.350. The van der Waals surface area contributed by atoms with Crippen molar-refractivity contribution in [2.45, 2.75) is 45.6 Å². The first-order valence-electron chi connectivity index (χ1n) is 9.93. The maximum absolute atomic E-state index is 12.2. The van der Waals surface area contributed by atoms with Gasteiger partial charge in [0.05, 0.1) is 0 Å². The molecule has 2 aliphatic rings. The second kappa shape index (κ2) is 8.56. The molecule has 0 N–H and O–H groups in total. The summed E-state index contributed by atoms with van der Waals surface area (Å²) in [7, 11) is 2.16. The van der Waals surface area contributed by atoms with Gasteiger partial charge in [0.1, 0.15) is 0 Å². The summed E-state index contributed by atoms with van der Waals surface area (Å²) in [4.78, 5) is 26.5. The van der Waals surface area contributed by atoms with Gasteiger partial charge in [-0.1, -0.05) is 38.1 Å². The van der Waals surface area contributed by atoms with Crippen molar-refractivity contribution >= 4 is 24.3 Å². The van der Waals surface area contributed by atoms with Crippen LogP contribution in [0.15, 0.2) is 30.3 Å². The zero-order valence-corrected chi connectivity index (χ0v) is 17.8. The van der Waals surface area contributed by atoms with E-state index in [2.05, 4.69) is 30.1 Å². The van der Waals surface area contributed by atoms with Gasteiger partial charge < -0.3 is 9.47 Å². The molecule has 2 aromatic carbocycles. The summed E-state index contributed by atoms with van der Waals surface area (Å²) in [6, 6.07) is 10.4. The number of esters is 2. The number of likely N-dealkylation sites (N-methyl/N-ethyl adjacent to an activating group) is 1. The number of rotatable bonds is 4. The van der Waals surface area contributed by atoms with Gasteiger partial charge in [0.2, 0.25) is 0 Å². The molecule has 0 saturated carbocycles. The number of carbonyl (C=O) groups is 2. The summed E-state index contributed by atoms with van der Waals surface area (Å²) in [6.45, 7) is 4.53. The summed E-state index contributed by atoms with van der Waals surface area (Å²) in [5, 5.41) is 0. The highest BCUT2D eigenvalue weighted by Crippen LogP contribution is 2.50. The average Bonchev–Trinajstić information content (AvgIpc) is 2.71. The minimum absolute atomic E-state index is 0. The Morgan fingerprint density at radius 1 is 1.03 bits per heavy atom. The Labute approximate surface area is 177 Å². The molecule has 1 aliphatic heterocycles. The zero-order chi connectivity index (χ0) is 19.8. The van der Waals surface area contributed by atoms with E-state index in [0.29, 0.717) is 17.5 Å². The highest BCUT2D eigenvalue weighted by atomic mass is 35.5. The summed E-state index contributed by atoms with van der Waals surface area (Å²) < 4.78 is 11.2. The molecule has 0 radical (unpaired) electrons. The normalized spacial score (nSPS) is 16.9. The second-order valence-corrected chi connectivity index (χ2v) is 7.41. The van der Waals surface area contributed by atoms with Gasteiger partial charge in [-0.25, -0.2) is 0 Å². The molecule has 0 spiro atoms. The fourth-order valence-corrected chi connectivity index (χ4v) is 4.21. The quantitative estimate of drug-likeness (QED) is 0.544. The maximum Gasteiger partial charge on any atom is 0.311 e. The number of ether oxygens (including phenoxy) is 2. The van der Waals surface area contributed by atoms with Crippen molar-refractivity contribution in [2.24, 2.45) is 0 Å². The smallest absolute Gasteiger partial charge is 0.311 e. The molecule has 0 fully saturated rings. The van der Waals surface area contributed by atoms with Gasteiger partial charge in [-0.15, -0.1) is 12.4 Å². The second-order valence-electron chi connectivity index (χ2n) is 7.41. The average molecular weight is 416 g/mol. The number of nitrogens with zero attached hydrogens (tertiary/aromatic N) is 1. The van der Waals surface area contributed by atoms with E-state index in [1.807, 2.05) is 6.07 Å². The van der Waals surface area contributed by atoms with Gasteiger partial charge in [0.15, 0.2) is 11.5 Å². The standard InChI is InChI=1S/C23H25NO4.ClH/c1-4-19(25)27-18-10-9-15-13-17-21-14(11-12-24(17)3)7-6-8-16(21)22(15)23(18)28-20(26)5-2;/h6-10,17H,4-5,11-13H2,1-3H3;1H/t17-;/m1./s1. The van der Waals surface area contributed by atoms with Crippen LogP contribution in [0, 0.1) is 0 Å². The van der Waals surface area contributed by atoms with E-state index < -0.39 is 0 Å². The molecule has 0 saturated heterocycles. The van der Waals surface area contributed by atoms with Crippen LogP contribution in [0.25, 0.3) is 11.1 Å². The topological polar surface area (TPSA) is 55.8 Å². The van der Waals surface area contributed by atoms with Gasteiger partial charge in [-0.05, 0) is 48.2 Å². The van der Waals surface area contributed by atoms with E-state index in [1.165, 1.54) is 11.1 Å². The minimum Gasteiger partial charge on any atom is -0.422 e. The number of fused-ring (bicyclic) bond motifs is 2. The number of halogens is 1. The van der Waals surface area contributed by atoms with Crippen molar-refractivity contribution < 1.29 is 19.1 Å². The van der Waals surface area contributed by atoms with Crippen LogP contribution in [0.4, 0.5) is 0 Å². The first-order chi connectivity index (χ1) is 13.5. The van der Waals surface area contributed by atoms with E-state index in [4.69, 9.17) is 9.47 Å². The van der Waals surface area contributed by atoms with Gasteiger partial charge in [0.25, 0.3) is 0 Å². The Balaban J connectivity index is 0.00000240. The lowest BCUT2D eigenvalue weighted by molar-refractivity contribution is -0.136. The molecule has 0 aromatic heterocycles. The van der Waals surface area contributed by atoms with E-state index >= 15 is 0 Å². The third-order valence-corrected chi connectivity index (χ3v) is 5.70. The van der Waals surface area contributed by atoms with Crippen molar-refractivity contribution in [3.63, 3.8) is 0 Å². The Morgan fingerprint density at radius 3 is 2.48 bits per heavy atom. The summed E-state index contributed by atoms with van der Waals surface area (Å²) in [5.74, 6) is -0.0117. The predicted molar refractivity (Wildman–Crippen MR) is 114 cm³/mol. The number of hydrogen-bond acceptors (Lipinski definition) is 5. The van der Waals surface area contributed by atoms with Gasteiger partial charge in [-0.2, -0.15) is 0 Å². The van der Waals surface area contributed by atoms with Crippen molar-refractivity contribution in [3.8, 4) is 22.6 Å². The summed E-state index contributed by atoms with van der Waals surface area (Å²) >= 11 is 0. The molecule has 0 unspecified atom stereocenters. The van der Waals surface area contributed by atoms with Crippen molar-refractivity contribution in [3.05, 3.63) is 47.0 Å². The summed E-state index contributed by atoms with van der Waals surface area (Å²) in [5.41, 5.74) is 5.71. The van der Waals surface area contributed by atoms with Gasteiger partial charge in [0, 0.05) is 31.0 Å². The van der Waals surface area contributed by atoms with Crippen LogP contribution in [-0.4, -0.2) is 30.4 Å². The van der Waals surface area contributed by atoms with Crippen LogP contribution in [0.5, 0.6) is 11.5 Å². The first-order valence-corrected chi connectivity index (χ1v) is 9.93. The molecular formula is C23H26ClNO4. The molecule has 1 heterocycles. The molecule has 4 rings (SSSR count). The Kier molecular flexibility index (Phi) is 6.30. The third-order valence-electron chi connectivity index (χ3n) is 5.70. The zero-order valence-electron chi connectivity index (χ0n) is 17.0. The number of hydrogen-bond donors (Lipinski definition) is 0. The third kappa shape index (κ3) is 3.77. The van der Waals surface area contributed by atoms with Crippen LogP contribution in [0.2, 0.25) is 0 Å². The lowest BCUT2D eigenvalue weighted by atomic mass is 9.77. The van der Waals surface area contributed by atoms with Crippen LogP contribution >= 0.6 is 12.4 Å². The van der Waals surface area contributed by atoms with E-state index in [9.17, 15) is 9.59 Å². The predicted octanol–water partition coefficient (Wildman–Crippen LogP) is 4.49. The largest absolute Gasteiger partial charge is 0.422 e. The lowest BCUT2D eigenvalue weighted by Gasteiger charge is -2.40. The fourth-order valence-electron chi connectivity index (χ4n) is 4.21. The molecule has 0 bridgehead atoms. The SMILES string of the molecule is CCC(=O)Oc1ccc2c(c1OC(=O)CC)-c1cccc3c1[C@@H](C2)N(C)CC3.Cl. The van der Waals surface area contributed by atoms with Crippen LogP contribution in [0.3, 0.4) is 0 Å². The van der Waals surface area contributed by atoms with E-state index in [1.54, 1.807) is 19.9 Å². The number of benzene rings is 2. The monoisotopic (exact) mass is 415 g/mol. The molecular weight excluding hydrogens is 390 g/mol. The van der Waals surface area contributed by atoms with E-state index in [0.717, 1.165) is 36.1 Å². The Bertz CT molecular complexity index is 956. The van der Waals surface area contributed by atoms with Crippen molar-refractivity contribution in [2.75, 3.05) is 13.6 Å². The molecule has 1 aliphatic carbocycles. The van der Waals surface area contributed by atoms with Crippen LogP contribution in [0.1, 0.15) is 49.4 Å². The van der Waals surface area contributed by atoms with Gasteiger partial charge >= 0.3 is 11.9 Å². The molecule has 154 valence electrons. The molecule has 5 nitrogen and oxygen atoms in total. The van der Waals surface area contributed by atoms with Crippen molar-refractivity contribution in [1.29, 1.82) is 0 Å². The van der Waals surface area contributed by atoms with E-state index in [-0.39, 0.29) is 37.2 Å². The Hall–Kier alpha value is -2.37. The Morgan fingerprint density at radius 2 is 1.76 bits per heavy atom. The molecule has 1 atom stereocenters. The maximum atomic E-state index is 12.2. The lowest BCUT2D eigenvalue weighted by Crippen LogP contribution is -2.35. The molecule has 29 heavy (non-hydrogen) atoms.